The van der Waals surface area contributed by atoms with E-state index >= 15 is 0 Å². The SMILES string of the molecule is C=CCNC(=O)c1ccc(Nc2ccc(Cl)c(Cl)c2)cn1. The predicted molar refractivity (Wildman–Crippen MR) is 86.5 cm³/mol. The van der Waals surface area contributed by atoms with Crippen LogP contribution in [0.15, 0.2) is 49.2 Å². The number of aromatic nitrogens is 1. The van der Waals surface area contributed by atoms with Crippen LogP contribution in [-0.2, 0) is 0 Å². The number of amides is 1. The van der Waals surface area contributed by atoms with E-state index in [1.165, 1.54) is 0 Å². The minimum absolute atomic E-state index is 0.240. The zero-order valence-corrected chi connectivity index (χ0v) is 12.6. The van der Waals surface area contributed by atoms with E-state index in [0.29, 0.717) is 22.3 Å². The molecule has 0 bridgehead atoms. The van der Waals surface area contributed by atoms with Gasteiger partial charge in [0.1, 0.15) is 5.69 Å². The van der Waals surface area contributed by atoms with Crippen molar-refractivity contribution in [3.63, 3.8) is 0 Å². The molecule has 2 N–H and O–H groups in total. The minimum atomic E-state index is -0.240. The van der Waals surface area contributed by atoms with Crippen LogP contribution in [-0.4, -0.2) is 17.4 Å². The molecule has 6 heteroatoms. The highest BCUT2D eigenvalue weighted by Crippen LogP contribution is 2.26. The van der Waals surface area contributed by atoms with Gasteiger partial charge in [-0.25, -0.2) is 4.98 Å². The smallest absolute Gasteiger partial charge is 0.270 e. The summed E-state index contributed by atoms with van der Waals surface area (Å²) in [4.78, 5) is 15.8. The summed E-state index contributed by atoms with van der Waals surface area (Å²) in [5, 5.41) is 6.75. The second kappa shape index (κ2) is 7.11. The molecule has 0 aliphatic rings. The molecule has 4 nitrogen and oxygen atoms in total. The largest absolute Gasteiger partial charge is 0.354 e. The van der Waals surface area contributed by atoms with E-state index in [2.05, 4.69) is 22.2 Å². The fraction of sp³-hybridized carbons (Fsp3) is 0.0667. The van der Waals surface area contributed by atoms with Crippen LogP contribution >= 0.6 is 23.2 Å². The third kappa shape index (κ3) is 4.21. The van der Waals surface area contributed by atoms with Crippen molar-refractivity contribution < 1.29 is 4.79 Å². The van der Waals surface area contributed by atoms with Gasteiger partial charge in [-0.15, -0.1) is 6.58 Å². The van der Waals surface area contributed by atoms with Gasteiger partial charge in [0.05, 0.1) is 21.9 Å². The first-order valence-electron chi connectivity index (χ1n) is 6.17. The van der Waals surface area contributed by atoms with Crippen molar-refractivity contribution in [2.24, 2.45) is 0 Å². The molecule has 108 valence electrons. The Kier molecular flexibility index (Phi) is 5.20. The Hall–Kier alpha value is -2.04. The number of rotatable bonds is 5. The van der Waals surface area contributed by atoms with E-state index in [1.807, 2.05) is 0 Å². The van der Waals surface area contributed by atoms with Gasteiger partial charge in [-0.3, -0.25) is 4.79 Å². The van der Waals surface area contributed by atoms with E-state index in [9.17, 15) is 4.79 Å². The third-order valence-corrected chi connectivity index (χ3v) is 3.35. The van der Waals surface area contributed by atoms with Crippen LogP contribution in [0.1, 0.15) is 10.5 Å². The molecule has 0 saturated heterocycles. The fourth-order valence-electron chi connectivity index (χ4n) is 1.60. The van der Waals surface area contributed by atoms with Crippen molar-refractivity contribution >= 4 is 40.5 Å². The maximum atomic E-state index is 11.7. The summed E-state index contributed by atoms with van der Waals surface area (Å²) in [5.41, 5.74) is 1.88. The Morgan fingerprint density at radius 2 is 1.95 bits per heavy atom. The maximum Gasteiger partial charge on any atom is 0.270 e. The Labute approximate surface area is 132 Å². The van der Waals surface area contributed by atoms with Crippen LogP contribution in [0, 0.1) is 0 Å². The Morgan fingerprint density at radius 1 is 1.19 bits per heavy atom. The molecule has 21 heavy (non-hydrogen) atoms. The number of nitrogens with one attached hydrogen (secondary N) is 2. The number of anilines is 2. The highest BCUT2D eigenvalue weighted by Gasteiger charge is 2.06. The number of carbonyl (C=O) groups excluding carboxylic acids is 1. The molecule has 0 atom stereocenters. The van der Waals surface area contributed by atoms with Gasteiger partial charge in [0.2, 0.25) is 0 Å². The molecule has 0 saturated carbocycles. The molecule has 1 aromatic carbocycles. The van der Waals surface area contributed by atoms with E-state index in [0.717, 1.165) is 11.4 Å². The molecule has 2 rings (SSSR count). The first kappa shape index (κ1) is 15.4. The topological polar surface area (TPSA) is 54.0 Å². The Morgan fingerprint density at radius 3 is 2.57 bits per heavy atom. The van der Waals surface area contributed by atoms with Crippen LogP contribution in [0.25, 0.3) is 0 Å². The Bertz CT molecular complexity index is 656. The zero-order valence-electron chi connectivity index (χ0n) is 11.1. The summed E-state index contributed by atoms with van der Waals surface area (Å²) in [6.07, 6.45) is 3.18. The summed E-state index contributed by atoms with van der Waals surface area (Å²) in [5.74, 6) is -0.240. The highest BCUT2D eigenvalue weighted by atomic mass is 35.5. The standard InChI is InChI=1S/C15H13Cl2N3O/c1-2-7-18-15(21)14-6-4-11(9-19-14)20-10-3-5-12(16)13(17)8-10/h2-6,8-9,20H,1,7H2,(H,18,21). The summed E-state index contributed by atoms with van der Waals surface area (Å²) >= 11 is 11.8. The average Bonchev–Trinajstić information content (AvgIpc) is 2.49. The van der Waals surface area contributed by atoms with Crippen molar-refractivity contribution in [3.8, 4) is 0 Å². The van der Waals surface area contributed by atoms with Crippen LogP contribution in [0.3, 0.4) is 0 Å². The van der Waals surface area contributed by atoms with Gasteiger partial charge >= 0.3 is 0 Å². The van der Waals surface area contributed by atoms with Gasteiger partial charge in [-0.2, -0.15) is 0 Å². The molecule has 2 aromatic rings. The molecule has 1 aromatic heterocycles. The van der Waals surface area contributed by atoms with E-state index in [-0.39, 0.29) is 5.91 Å². The molecule has 0 spiro atoms. The highest BCUT2D eigenvalue weighted by molar-refractivity contribution is 6.42. The second-order valence-corrected chi connectivity index (χ2v) is 5.00. The lowest BCUT2D eigenvalue weighted by molar-refractivity contribution is 0.0953. The minimum Gasteiger partial charge on any atom is -0.354 e. The molecule has 1 amide bonds. The predicted octanol–water partition coefficient (Wildman–Crippen LogP) is 4.05. The lowest BCUT2D eigenvalue weighted by Gasteiger charge is -2.08. The number of hydrogen-bond donors (Lipinski definition) is 2. The second-order valence-electron chi connectivity index (χ2n) is 4.18. The summed E-state index contributed by atoms with van der Waals surface area (Å²) in [6.45, 7) is 3.94. The normalized spacial score (nSPS) is 10.0. The molecule has 0 radical (unpaired) electrons. The quantitative estimate of drug-likeness (QED) is 0.817. The molecule has 0 unspecified atom stereocenters. The number of benzene rings is 1. The molecule has 0 aliphatic heterocycles. The zero-order chi connectivity index (χ0) is 15.2. The summed E-state index contributed by atoms with van der Waals surface area (Å²) in [7, 11) is 0. The van der Waals surface area contributed by atoms with Crippen molar-refractivity contribution in [1.29, 1.82) is 0 Å². The van der Waals surface area contributed by atoms with Crippen molar-refractivity contribution in [3.05, 3.63) is 64.9 Å². The molecular weight excluding hydrogens is 309 g/mol. The first-order chi connectivity index (χ1) is 10.1. The summed E-state index contributed by atoms with van der Waals surface area (Å²) in [6, 6.07) is 8.63. The van der Waals surface area contributed by atoms with Crippen LogP contribution in [0.4, 0.5) is 11.4 Å². The van der Waals surface area contributed by atoms with E-state index in [4.69, 9.17) is 23.2 Å². The van der Waals surface area contributed by atoms with Crippen molar-refractivity contribution in [1.82, 2.24) is 10.3 Å². The lowest BCUT2D eigenvalue weighted by atomic mass is 10.3. The van der Waals surface area contributed by atoms with Crippen LogP contribution < -0.4 is 10.6 Å². The van der Waals surface area contributed by atoms with Crippen LogP contribution in [0.2, 0.25) is 10.0 Å². The van der Waals surface area contributed by atoms with Gasteiger partial charge in [0.15, 0.2) is 0 Å². The number of pyridine rings is 1. The molecule has 0 aliphatic carbocycles. The van der Waals surface area contributed by atoms with Gasteiger partial charge < -0.3 is 10.6 Å². The summed E-state index contributed by atoms with van der Waals surface area (Å²) < 4.78 is 0. The number of halogens is 2. The fourth-order valence-corrected chi connectivity index (χ4v) is 1.90. The van der Waals surface area contributed by atoms with Gasteiger partial charge in [0.25, 0.3) is 5.91 Å². The number of nitrogens with zero attached hydrogens (tertiary/aromatic N) is 1. The molecular formula is C15H13Cl2N3O. The van der Waals surface area contributed by atoms with E-state index < -0.39 is 0 Å². The lowest BCUT2D eigenvalue weighted by Crippen LogP contribution is -2.24. The Balaban J connectivity index is 2.06. The van der Waals surface area contributed by atoms with Crippen LogP contribution in [0.5, 0.6) is 0 Å². The molecule has 0 fully saturated rings. The average molecular weight is 322 g/mol. The molecule has 1 heterocycles. The van der Waals surface area contributed by atoms with E-state index in [1.54, 1.807) is 42.6 Å². The third-order valence-electron chi connectivity index (χ3n) is 2.61. The number of carbonyl (C=O) groups is 1. The van der Waals surface area contributed by atoms with Gasteiger partial charge in [-0.05, 0) is 30.3 Å². The van der Waals surface area contributed by atoms with Crippen molar-refractivity contribution in [2.45, 2.75) is 0 Å². The number of hydrogen-bond acceptors (Lipinski definition) is 3. The first-order valence-corrected chi connectivity index (χ1v) is 6.93. The maximum absolute atomic E-state index is 11.7. The van der Waals surface area contributed by atoms with Gasteiger partial charge in [0, 0.05) is 12.2 Å². The van der Waals surface area contributed by atoms with Crippen molar-refractivity contribution in [2.75, 3.05) is 11.9 Å². The monoisotopic (exact) mass is 321 g/mol. The van der Waals surface area contributed by atoms with Gasteiger partial charge in [-0.1, -0.05) is 29.3 Å².